The van der Waals surface area contributed by atoms with Gasteiger partial charge in [0.2, 0.25) is 0 Å². The fourth-order valence-corrected chi connectivity index (χ4v) is 3.09. The Hall–Kier alpha value is -3.21. The van der Waals surface area contributed by atoms with E-state index in [0.717, 1.165) is 29.5 Å². The van der Waals surface area contributed by atoms with Crippen molar-refractivity contribution in [3.8, 4) is 11.1 Å². The second-order valence-corrected chi connectivity index (χ2v) is 6.97. The number of benzene rings is 2. The Morgan fingerprint density at radius 3 is 2.41 bits per heavy atom. The number of nitrogens with one attached hydrogen (secondary N) is 2. The van der Waals surface area contributed by atoms with Gasteiger partial charge in [-0.25, -0.2) is 4.98 Å². The molecule has 0 aliphatic heterocycles. The molecule has 1 aliphatic rings. The summed E-state index contributed by atoms with van der Waals surface area (Å²) in [5, 5.41) is 2.93. The summed E-state index contributed by atoms with van der Waals surface area (Å²) in [4.78, 5) is 31.4. The topological polar surface area (TPSA) is 74.8 Å². The molecular formula is C22H21N3O2. The Labute approximate surface area is 157 Å². The third-order valence-corrected chi connectivity index (χ3v) is 4.82. The average Bonchev–Trinajstić information content (AvgIpc) is 3.53. The minimum Gasteiger partial charge on any atom is -0.344 e. The number of nitrogens with zero attached hydrogens (tertiary/aromatic N) is 1. The third-order valence-electron chi connectivity index (χ3n) is 4.82. The third kappa shape index (κ3) is 3.97. The Morgan fingerprint density at radius 1 is 1.07 bits per heavy atom. The van der Waals surface area contributed by atoms with Crippen molar-refractivity contribution in [2.24, 2.45) is 0 Å². The molecule has 1 atom stereocenters. The number of carbonyl (C=O) groups excluding carboxylic acids is 1. The molecule has 3 aromatic rings. The van der Waals surface area contributed by atoms with E-state index in [1.807, 2.05) is 49.4 Å². The summed E-state index contributed by atoms with van der Waals surface area (Å²) in [7, 11) is 0. The van der Waals surface area contributed by atoms with Gasteiger partial charge in [0.25, 0.3) is 11.5 Å². The van der Waals surface area contributed by atoms with Crippen LogP contribution in [-0.2, 0) is 0 Å². The molecule has 5 nitrogen and oxygen atoms in total. The highest BCUT2D eigenvalue weighted by atomic mass is 16.2. The van der Waals surface area contributed by atoms with Crippen molar-refractivity contribution in [1.29, 1.82) is 0 Å². The van der Waals surface area contributed by atoms with Gasteiger partial charge in [0.05, 0.1) is 6.04 Å². The van der Waals surface area contributed by atoms with Gasteiger partial charge in [-0.05, 0) is 36.5 Å². The zero-order valence-corrected chi connectivity index (χ0v) is 15.1. The monoisotopic (exact) mass is 359 g/mol. The van der Waals surface area contributed by atoms with Crippen molar-refractivity contribution >= 4 is 5.91 Å². The lowest BCUT2D eigenvalue weighted by atomic mass is 10.0. The van der Waals surface area contributed by atoms with Crippen LogP contribution in [0.3, 0.4) is 0 Å². The van der Waals surface area contributed by atoms with Gasteiger partial charge in [0.15, 0.2) is 0 Å². The van der Waals surface area contributed by atoms with Crippen LogP contribution in [0.4, 0.5) is 0 Å². The molecule has 2 aromatic carbocycles. The summed E-state index contributed by atoms with van der Waals surface area (Å²) in [5.74, 6) is 0.573. The first kappa shape index (κ1) is 17.2. The highest BCUT2D eigenvalue weighted by molar-refractivity contribution is 5.92. The van der Waals surface area contributed by atoms with Crippen LogP contribution in [0.2, 0.25) is 0 Å². The predicted molar refractivity (Wildman–Crippen MR) is 105 cm³/mol. The van der Waals surface area contributed by atoms with Crippen molar-refractivity contribution in [2.75, 3.05) is 0 Å². The fourth-order valence-electron chi connectivity index (χ4n) is 3.09. The molecule has 0 bridgehead atoms. The number of aromatic nitrogens is 2. The minimum atomic E-state index is -0.331. The van der Waals surface area contributed by atoms with Gasteiger partial charge < -0.3 is 10.3 Å². The highest BCUT2D eigenvalue weighted by Crippen LogP contribution is 2.37. The van der Waals surface area contributed by atoms with Crippen LogP contribution in [0.15, 0.2) is 65.5 Å². The zero-order chi connectivity index (χ0) is 18.8. The van der Waals surface area contributed by atoms with Crippen LogP contribution >= 0.6 is 0 Å². The van der Waals surface area contributed by atoms with Crippen molar-refractivity contribution < 1.29 is 4.79 Å². The summed E-state index contributed by atoms with van der Waals surface area (Å²) >= 11 is 0. The summed E-state index contributed by atoms with van der Waals surface area (Å²) in [6, 6.07) is 19.3. The molecule has 27 heavy (non-hydrogen) atoms. The second-order valence-electron chi connectivity index (χ2n) is 6.97. The molecule has 1 heterocycles. The normalized spacial score (nSPS) is 14.6. The number of hydrogen-bond acceptors (Lipinski definition) is 3. The molecule has 4 rings (SSSR count). The van der Waals surface area contributed by atoms with E-state index in [0.29, 0.717) is 5.82 Å². The van der Waals surface area contributed by atoms with Gasteiger partial charge in [-0.15, -0.1) is 0 Å². The first-order chi connectivity index (χ1) is 13.1. The molecule has 136 valence electrons. The Kier molecular flexibility index (Phi) is 4.59. The first-order valence-electron chi connectivity index (χ1n) is 9.17. The maximum absolute atomic E-state index is 12.5. The fraction of sp³-hybridized carbons (Fsp3) is 0.227. The van der Waals surface area contributed by atoms with Gasteiger partial charge in [-0.1, -0.05) is 54.6 Å². The molecule has 5 heteroatoms. The molecule has 0 spiro atoms. The van der Waals surface area contributed by atoms with Crippen LogP contribution in [0.5, 0.6) is 0 Å². The summed E-state index contributed by atoms with van der Waals surface area (Å²) in [6.45, 7) is 1.92. The van der Waals surface area contributed by atoms with E-state index in [1.165, 1.54) is 6.07 Å². The molecule has 1 amide bonds. The van der Waals surface area contributed by atoms with Crippen LogP contribution in [0.25, 0.3) is 11.1 Å². The molecule has 0 unspecified atom stereocenters. The largest absolute Gasteiger partial charge is 0.344 e. The first-order valence-corrected chi connectivity index (χ1v) is 9.17. The van der Waals surface area contributed by atoms with Crippen molar-refractivity contribution in [3.63, 3.8) is 0 Å². The van der Waals surface area contributed by atoms with Crippen LogP contribution < -0.4 is 10.9 Å². The summed E-state index contributed by atoms with van der Waals surface area (Å²) < 4.78 is 0. The standard InChI is InChI=1S/C22H21N3O2/c1-14(15-7-9-17(10-8-15)16-5-3-2-4-6-16)23-22(27)19-13-20(26)25-21(24-19)18-11-12-18/h2-10,13-14,18H,11-12H2,1H3,(H,23,27)(H,24,25,26)/t14-/m1/s1. The van der Waals surface area contributed by atoms with Crippen molar-refractivity contribution in [3.05, 3.63) is 88.1 Å². The molecule has 1 aromatic heterocycles. The SMILES string of the molecule is C[C@@H](NC(=O)c1cc(=O)[nH]c(C2CC2)n1)c1ccc(-c2ccccc2)cc1. The van der Waals surface area contributed by atoms with Gasteiger partial charge >= 0.3 is 0 Å². The highest BCUT2D eigenvalue weighted by Gasteiger charge is 2.27. The van der Waals surface area contributed by atoms with Crippen LogP contribution in [-0.4, -0.2) is 15.9 Å². The molecule has 1 fully saturated rings. The van der Waals surface area contributed by atoms with Crippen LogP contribution in [0, 0.1) is 0 Å². The molecule has 1 aliphatic carbocycles. The van der Waals surface area contributed by atoms with E-state index >= 15 is 0 Å². The van der Waals surface area contributed by atoms with Crippen LogP contribution in [0.1, 0.15) is 53.6 Å². The number of carbonyl (C=O) groups is 1. The van der Waals surface area contributed by atoms with E-state index < -0.39 is 0 Å². The Balaban J connectivity index is 1.48. The maximum atomic E-state index is 12.5. The molecule has 2 N–H and O–H groups in total. The lowest BCUT2D eigenvalue weighted by molar-refractivity contribution is 0.0934. The van der Waals surface area contributed by atoms with Gasteiger partial charge in [0.1, 0.15) is 11.5 Å². The molecule has 0 radical (unpaired) electrons. The quantitative estimate of drug-likeness (QED) is 0.727. The second kappa shape index (κ2) is 7.19. The Morgan fingerprint density at radius 2 is 1.74 bits per heavy atom. The maximum Gasteiger partial charge on any atom is 0.270 e. The predicted octanol–water partition coefficient (Wildman–Crippen LogP) is 3.81. The average molecular weight is 359 g/mol. The van der Waals surface area contributed by atoms with E-state index in [2.05, 4.69) is 27.4 Å². The lowest BCUT2D eigenvalue weighted by Crippen LogP contribution is -2.29. The minimum absolute atomic E-state index is 0.174. The zero-order valence-electron chi connectivity index (χ0n) is 15.1. The number of rotatable bonds is 5. The number of hydrogen-bond donors (Lipinski definition) is 2. The number of amides is 1. The number of H-pyrrole nitrogens is 1. The number of aromatic amines is 1. The molecular weight excluding hydrogens is 338 g/mol. The van der Waals surface area contributed by atoms with E-state index in [-0.39, 0.29) is 29.1 Å². The summed E-state index contributed by atoms with van der Waals surface area (Å²) in [5.41, 5.74) is 3.17. The lowest BCUT2D eigenvalue weighted by Gasteiger charge is -2.15. The smallest absolute Gasteiger partial charge is 0.270 e. The summed E-state index contributed by atoms with van der Waals surface area (Å²) in [6.07, 6.45) is 2.02. The van der Waals surface area contributed by atoms with E-state index in [1.54, 1.807) is 0 Å². The van der Waals surface area contributed by atoms with E-state index in [9.17, 15) is 9.59 Å². The Bertz CT molecular complexity index is 1010. The van der Waals surface area contributed by atoms with Gasteiger partial charge in [0, 0.05) is 12.0 Å². The van der Waals surface area contributed by atoms with E-state index in [4.69, 9.17) is 0 Å². The van der Waals surface area contributed by atoms with Crippen molar-refractivity contribution in [2.45, 2.75) is 31.7 Å². The van der Waals surface area contributed by atoms with Crippen molar-refractivity contribution in [1.82, 2.24) is 15.3 Å². The van der Waals surface area contributed by atoms with Gasteiger partial charge in [-0.2, -0.15) is 0 Å². The molecule has 0 saturated heterocycles. The molecule has 1 saturated carbocycles. The van der Waals surface area contributed by atoms with Gasteiger partial charge in [-0.3, -0.25) is 9.59 Å².